The maximum absolute atomic E-state index is 12.8. The molecule has 21 heavy (non-hydrogen) atoms. The fourth-order valence-electron chi connectivity index (χ4n) is 2.31. The van der Waals surface area contributed by atoms with E-state index in [2.05, 4.69) is 15.9 Å². The molecule has 0 radical (unpaired) electrons. The summed E-state index contributed by atoms with van der Waals surface area (Å²) < 4.78 is 38.3. The molecule has 1 fully saturated rings. The van der Waals surface area contributed by atoms with Crippen molar-refractivity contribution in [2.75, 3.05) is 6.54 Å². The lowest BCUT2D eigenvalue weighted by molar-refractivity contribution is -0.141. The van der Waals surface area contributed by atoms with Crippen molar-refractivity contribution in [2.45, 2.75) is 25.1 Å². The molecule has 1 aliphatic rings. The van der Waals surface area contributed by atoms with Gasteiger partial charge in [-0.2, -0.15) is 13.2 Å². The summed E-state index contributed by atoms with van der Waals surface area (Å²) in [5.74, 6) is -1.84. The third kappa shape index (κ3) is 3.20. The number of carbonyl (C=O) groups is 2. The number of hydrogen-bond acceptors (Lipinski definition) is 2. The molecule has 1 aliphatic heterocycles. The highest BCUT2D eigenvalue weighted by Gasteiger charge is 2.37. The molecule has 1 atom stereocenters. The fraction of sp³-hybridized carbons (Fsp3) is 0.385. The first-order chi connectivity index (χ1) is 9.71. The van der Waals surface area contributed by atoms with Crippen molar-refractivity contribution in [2.24, 2.45) is 0 Å². The second-order valence-corrected chi connectivity index (χ2v) is 5.54. The normalized spacial score (nSPS) is 18.9. The van der Waals surface area contributed by atoms with Gasteiger partial charge in [0, 0.05) is 16.6 Å². The number of likely N-dealkylation sites (tertiary alicyclic amines) is 1. The highest BCUT2D eigenvalue weighted by molar-refractivity contribution is 9.10. The molecule has 1 aromatic rings. The van der Waals surface area contributed by atoms with Crippen molar-refractivity contribution in [3.05, 3.63) is 33.8 Å². The van der Waals surface area contributed by atoms with Crippen LogP contribution in [0.5, 0.6) is 0 Å². The zero-order valence-corrected chi connectivity index (χ0v) is 12.2. The number of rotatable bonds is 2. The van der Waals surface area contributed by atoms with E-state index in [1.54, 1.807) is 0 Å². The van der Waals surface area contributed by atoms with Gasteiger partial charge in [0.2, 0.25) is 0 Å². The molecule has 0 aliphatic carbocycles. The monoisotopic (exact) mass is 365 g/mol. The summed E-state index contributed by atoms with van der Waals surface area (Å²) in [5.41, 5.74) is -1.13. The first-order valence-corrected chi connectivity index (χ1v) is 6.91. The number of benzene rings is 1. The Balaban J connectivity index is 2.34. The summed E-state index contributed by atoms with van der Waals surface area (Å²) in [4.78, 5) is 24.4. The van der Waals surface area contributed by atoms with Gasteiger partial charge < -0.3 is 10.0 Å². The minimum absolute atomic E-state index is 0.164. The Labute approximate surface area is 126 Å². The van der Waals surface area contributed by atoms with Gasteiger partial charge in [-0.15, -0.1) is 0 Å². The third-order valence-electron chi connectivity index (χ3n) is 3.32. The number of hydrogen-bond donors (Lipinski definition) is 1. The van der Waals surface area contributed by atoms with E-state index in [9.17, 15) is 22.8 Å². The Morgan fingerprint density at radius 3 is 2.57 bits per heavy atom. The zero-order chi connectivity index (χ0) is 15.8. The van der Waals surface area contributed by atoms with Gasteiger partial charge in [0.15, 0.2) is 0 Å². The molecule has 4 nitrogen and oxygen atoms in total. The van der Waals surface area contributed by atoms with Crippen LogP contribution < -0.4 is 0 Å². The lowest BCUT2D eigenvalue weighted by atomic mass is 10.1. The molecule has 2 rings (SSSR count). The van der Waals surface area contributed by atoms with E-state index in [1.165, 1.54) is 6.07 Å². The van der Waals surface area contributed by atoms with Crippen molar-refractivity contribution in [1.82, 2.24) is 4.90 Å². The van der Waals surface area contributed by atoms with Crippen molar-refractivity contribution in [1.29, 1.82) is 0 Å². The van der Waals surface area contributed by atoms with E-state index in [0.717, 1.165) is 17.0 Å². The molecule has 0 spiro atoms. The van der Waals surface area contributed by atoms with Crippen molar-refractivity contribution < 1.29 is 27.9 Å². The summed E-state index contributed by atoms with van der Waals surface area (Å²) in [6.07, 6.45) is -3.76. The van der Waals surface area contributed by atoms with Crippen LogP contribution in [-0.4, -0.2) is 34.5 Å². The quantitative estimate of drug-likeness (QED) is 0.875. The fourth-order valence-corrected chi connectivity index (χ4v) is 2.78. The van der Waals surface area contributed by atoms with Crippen molar-refractivity contribution in [3.63, 3.8) is 0 Å². The van der Waals surface area contributed by atoms with Crippen molar-refractivity contribution in [3.8, 4) is 0 Å². The van der Waals surface area contributed by atoms with Gasteiger partial charge in [-0.05, 0) is 31.0 Å². The number of carbonyl (C=O) groups excluding carboxylic acids is 1. The number of aliphatic carboxylic acids is 1. The van der Waals surface area contributed by atoms with E-state index in [1.807, 2.05) is 0 Å². The number of amides is 1. The Morgan fingerprint density at radius 1 is 1.33 bits per heavy atom. The third-order valence-corrected chi connectivity index (χ3v) is 4.01. The molecule has 0 saturated carbocycles. The zero-order valence-electron chi connectivity index (χ0n) is 10.7. The van der Waals surface area contributed by atoms with Crippen LogP contribution in [0, 0.1) is 0 Å². The van der Waals surface area contributed by atoms with Gasteiger partial charge in [0.1, 0.15) is 6.04 Å². The molecule has 1 N–H and O–H groups in total. The SMILES string of the molecule is O=C(O)[C@H]1CCCN1C(=O)c1ccc(Br)c(C(F)(F)F)c1. The Hall–Kier alpha value is -1.57. The Morgan fingerprint density at radius 2 is 2.00 bits per heavy atom. The van der Waals surface area contributed by atoms with Crippen LogP contribution in [0.1, 0.15) is 28.8 Å². The van der Waals surface area contributed by atoms with Gasteiger partial charge >= 0.3 is 12.1 Å². The number of nitrogens with zero attached hydrogens (tertiary/aromatic N) is 1. The number of carboxylic acid groups (broad SMARTS) is 1. The summed E-state index contributed by atoms with van der Waals surface area (Å²) in [7, 11) is 0. The van der Waals surface area contributed by atoms with E-state index in [-0.39, 0.29) is 16.6 Å². The molecule has 0 bridgehead atoms. The number of carboxylic acids is 1. The van der Waals surface area contributed by atoms with E-state index in [0.29, 0.717) is 12.8 Å². The smallest absolute Gasteiger partial charge is 0.417 e. The predicted octanol–water partition coefficient (Wildman–Crippen LogP) is 3.16. The summed E-state index contributed by atoms with van der Waals surface area (Å²) in [5, 5.41) is 9.03. The summed E-state index contributed by atoms with van der Waals surface area (Å²) in [6.45, 7) is 0.229. The van der Waals surface area contributed by atoms with Gasteiger partial charge in [-0.3, -0.25) is 4.79 Å². The van der Waals surface area contributed by atoms with Gasteiger partial charge in [0.25, 0.3) is 5.91 Å². The second kappa shape index (κ2) is 5.67. The van der Waals surface area contributed by atoms with Crippen LogP contribution in [0.3, 0.4) is 0 Å². The Bertz CT molecular complexity index is 589. The average Bonchev–Trinajstić information content (AvgIpc) is 2.86. The molecule has 1 heterocycles. The molecule has 8 heteroatoms. The molecule has 1 saturated heterocycles. The largest absolute Gasteiger partial charge is 0.480 e. The van der Waals surface area contributed by atoms with E-state index >= 15 is 0 Å². The molecular weight excluding hydrogens is 355 g/mol. The van der Waals surface area contributed by atoms with Crippen LogP contribution >= 0.6 is 15.9 Å². The highest BCUT2D eigenvalue weighted by Crippen LogP contribution is 2.35. The predicted molar refractivity (Wildman–Crippen MR) is 70.8 cm³/mol. The maximum Gasteiger partial charge on any atom is 0.417 e. The van der Waals surface area contributed by atoms with E-state index in [4.69, 9.17) is 5.11 Å². The van der Waals surface area contributed by atoms with Gasteiger partial charge in [0.05, 0.1) is 5.56 Å². The minimum Gasteiger partial charge on any atom is -0.480 e. The lowest BCUT2D eigenvalue weighted by Crippen LogP contribution is -2.40. The maximum atomic E-state index is 12.8. The first kappa shape index (κ1) is 15.8. The van der Waals surface area contributed by atoms with Crippen LogP contribution in [0.2, 0.25) is 0 Å². The first-order valence-electron chi connectivity index (χ1n) is 6.12. The van der Waals surface area contributed by atoms with Crippen LogP contribution in [0.4, 0.5) is 13.2 Å². The van der Waals surface area contributed by atoms with Gasteiger partial charge in [-0.25, -0.2) is 4.79 Å². The van der Waals surface area contributed by atoms with Gasteiger partial charge in [-0.1, -0.05) is 15.9 Å². The lowest BCUT2D eigenvalue weighted by Gasteiger charge is -2.22. The molecule has 1 amide bonds. The highest BCUT2D eigenvalue weighted by atomic mass is 79.9. The van der Waals surface area contributed by atoms with E-state index < -0.39 is 29.7 Å². The van der Waals surface area contributed by atoms with Crippen LogP contribution in [-0.2, 0) is 11.0 Å². The second-order valence-electron chi connectivity index (χ2n) is 4.69. The molecule has 0 unspecified atom stereocenters. The number of halogens is 4. The van der Waals surface area contributed by atoms with Crippen LogP contribution in [0.15, 0.2) is 22.7 Å². The summed E-state index contributed by atoms with van der Waals surface area (Å²) in [6, 6.07) is 2.15. The Kier molecular flexibility index (Phi) is 4.27. The minimum atomic E-state index is -4.59. The summed E-state index contributed by atoms with van der Waals surface area (Å²) >= 11 is 2.79. The molecule has 114 valence electrons. The van der Waals surface area contributed by atoms with Crippen molar-refractivity contribution >= 4 is 27.8 Å². The average molecular weight is 366 g/mol. The molecular formula is C13H11BrF3NO3. The molecule has 1 aromatic carbocycles. The van der Waals surface area contributed by atoms with Crippen LogP contribution in [0.25, 0.3) is 0 Å². The number of alkyl halides is 3. The standard InChI is InChI=1S/C13H11BrF3NO3/c14-9-4-3-7(6-8(9)13(15,16)17)11(19)18-5-1-2-10(18)12(20)21/h3-4,6,10H,1-2,5H2,(H,20,21)/t10-/m1/s1. The molecule has 0 aromatic heterocycles. The topological polar surface area (TPSA) is 57.6 Å².